The highest BCUT2D eigenvalue weighted by molar-refractivity contribution is 7.90. The Balaban J connectivity index is 0.00000196. The molecule has 0 aromatic heterocycles. The van der Waals surface area contributed by atoms with E-state index in [1.807, 2.05) is 19.1 Å². The maximum atomic E-state index is 11.2. The standard InChI is InChI=1S/C10H15NO2S.ClH/c1-8(7-11)9-3-5-10(6-4-9)14(2,12)13;/h3-6,8H,7,11H2,1-2H3;1H. The van der Waals surface area contributed by atoms with Crippen molar-refractivity contribution in [3.63, 3.8) is 0 Å². The summed E-state index contributed by atoms with van der Waals surface area (Å²) in [7, 11) is -3.08. The van der Waals surface area contributed by atoms with Gasteiger partial charge in [0.2, 0.25) is 0 Å². The summed E-state index contributed by atoms with van der Waals surface area (Å²) in [6, 6.07) is 6.87. The monoisotopic (exact) mass is 249 g/mol. The van der Waals surface area contributed by atoms with Crippen molar-refractivity contribution in [1.29, 1.82) is 0 Å². The Morgan fingerprint density at radius 3 is 2.07 bits per heavy atom. The van der Waals surface area contributed by atoms with Crippen LogP contribution in [0.15, 0.2) is 29.2 Å². The molecule has 1 rings (SSSR count). The molecule has 0 aliphatic carbocycles. The van der Waals surface area contributed by atoms with Crippen LogP contribution in [-0.2, 0) is 9.84 Å². The first-order chi connectivity index (χ1) is 6.45. The first kappa shape index (κ1) is 14.4. The van der Waals surface area contributed by atoms with Gasteiger partial charge in [-0.25, -0.2) is 8.42 Å². The van der Waals surface area contributed by atoms with Crippen molar-refractivity contribution < 1.29 is 8.42 Å². The number of rotatable bonds is 3. The lowest BCUT2D eigenvalue weighted by Crippen LogP contribution is -2.09. The molecule has 0 heterocycles. The zero-order valence-corrected chi connectivity index (χ0v) is 10.4. The third-order valence-electron chi connectivity index (χ3n) is 2.23. The van der Waals surface area contributed by atoms with E-state index >= 15 is 0 Å². The molecular weight excluding hydrogens is 234 g/mol. The first-order valence-electron chi connectivity index (χ1n) is 4.45. The summed E-state index contributed by atoms with van der Waals surface area (Å²) in [5, 5.41) is 0. The second-order valence-electron chi connectivity index (χ2n) is 3.48. The predicted octanol–water partition coefficient (Wildman–Crippen LogP) is 1.57. The van der Waals surface area contributed by atoms with Gasteiger partial charge in [-0.2, -0.15) is 0 Å². The minimum absolute atomic E-state index is 0. The van der Waals surface area contributed by atoms with Crippen molar-refractivity contribution in [1.82, 2.24) is 0 Å². The topological polar surface area (TPSA) is 60.2 Å². The van der Waals surface area contributed by atoms with Gasteiger partial charge in [-0.1, -0.05) is 19.1 Å². The van der Waals surface area contributed by atoms with Gasteiger partial charge < -0.3 is 5.73 Å². The molecular formula is C10H16ClNO2S. The molecule has 1 aromatic rings. The van der Waals surface area contributed by atoms with Crippen molar-refractivity contribution in [2.75, 3.05) is 12.8 Å². The molecule has 1 aromatic carbocycles. The molecule has 0 saturated carbocycles. The van der Waals surface area contributed by atoms with Gasteiger partial charge >= 0.3 is 0 Å². The lowest BCUT2D eigenvalue weighted by atomic mass is 10.0. The van der Waals surface area contributed by atoms with E-state index in [2.05, 4.69) is 0 Å². The summed E-state index contributed by atoms with van der Waals surface area (Å²) >= 11 is 0. The molecule has 0 radical (unpaired) electrons. The minimum Gasteiger partial charge on any atom is -0.330 e. The van der Waals surface area contributed by atoms with Gasteiger partial charge in [0.15, 0.2) is 9.84 Å². The Morgan fingerprint density at radius 1 is 1.27 bits per heavy atom. The molecule has 0 aliphatic heterocycles. The Kier molecular flexibility index (Phi) is 5.28. The fourth-order valence-electron chi connectivity index (χ4n) is 1.18. The van der Waals surface area contributed by atoms with Gasteiger partial charge in [-0.05, 0) is 30.2 Å². The zero-order chi connectivity index (χ0) is 10.8. The van der Waals surface area contributed by atoms with E-state index < -0.39 is 9.84 Å². The SMILES string of the molecule is CC(CN)c1ccc(S(C)(=O)=O)cc1.Cl. The molecule has 0 fully saturated rings. The molecule has 0 aliphatic rings. The van der Waals surface area contributed by atoms with Crippen molar-refractivity contribution in [2.24, 2.45) is 5.73 Å². The van der Waals surface area contributed by atoms with Gasteiger partial charge in [0.05, 0.1) is 4.90 Å². The number of benzene rings is 1. The Hall–Kier alpha value is -0.580. The molecule has 86 valence electrons. The zero-order valence-electron chi connectivity index (χ0n) is 8.80. The smallest absolute Gasteiger partial charge is 0.175 e. The van der Waals surface area contributed by atoms with Crippen LogP contribution in [0.3, 0.4) is 0 Å². The van der Waals surface area contributed by atoms with Gasteiger partial charge in [-0.3, -0.25) is 0 Å². The quantitative estimate of drug-likeness (QED) is 0.885. The van der Waals surface area contributed by atoms with Crippen molar-refractivity contribution in [2.45, 2.75) is 17.7 Å². The van der Waals surface area contributed by atoms with Crippen molar-refractivity contribution in [3.8, 4) is 0 Å². The molecule has 0 bridgehead atoms. The summed E-state index contributed by atoms with van der Waals surface area (Å²) in [5.74, 6) is 0.267. The molecule has 1 atom stereocenters. The maximum absolute atomic E-state index is 11.2. The number of hydrogen-bond donors (Lipinski definition) is 1. The summed E-state index contributed by atoms with van der Waals surface area (Å²) in [4.78, 5) is 0.352. The molecule has 1 unspecified atom stereocenters. The van der Waals surface area contributed by atoms with Crippen LogP contribution in [-0.4, -0.2) is 21.2 Å². The number of hydrogen-bond acceptors (Lipinski definition) is 3. The number of nitrogens with two attached hydrogens (primary N) is 1. The highest BCUT2D eigenvalue weighted by Gasteiger charge is 2.08. The first-order valence-corrected chi connectivity index (χ1v) is 6.34. The van der Waals surface area contributed by atoms with Crippen LogP contribution in [0, 0.1) is 0 Å². The highest BCUT2D eigenvalue weighted by Crippen LogP contribution is 2.16. The predicted molar refractivity (Wildman–Crippen MR) is 64.3 cm³/mol. The minimum atomic E-state index is -3.08. The van der Waals surface area contributed by atoms with E-state index in [1.165, 1.54) is 6.26 Å². The van der Waals surface area contributed by atoms with Gasteiger partial charge in [0.1, 0.15) is 0 Å². The molecule has 15 heavy (non-hydrogen) atoms. The van der Waals surface area contributed by atoms with E-state index in [0.717, 1.165) is 5.56 Å². The third kappa shape index (κ3) is 3.81. The summed E-state index contributed by atoms with van der Waals surface area (Å²) < 4.78 is 22.3. The number of halogens is 1. The summed E-state index contributed by atoms with van der Waals surface area (Å²) in [5.41, 5.74) is 6.58. The van der Waals surface area contributed by atoms with E-state index in [9.17, 15) is 8.42 Å². The normalized spacial score (nSPS) is 13.0. The van der Waals surface area contributed by atoms with Crippen LogP contribution in [0.2, 0.25) is 0 Å². The van der Waals surface area contributed by atoms with Crippen LogP contribution in [0.4, 0.5) is 0 Å². The summed E-state index contributed by atoms with van der Waals surface area (Å²) in [6.45, 7) is 2.58. The van der Waals surface area contributed by atoms with Gasteiger partial charge in [-0.15, -0.1) is 12.4 Å². The van der Waals surface area contributed by atoms with Crippen LogP contribution >= 0.6 is 12.4 Å². The second kappa shape index (κ2) is 5.49. The third-order valence-corrected chi connectivity index (χ3v) is 3.36. The fourth-order valence-corrected chi connectivity index (χ4v) is 1.81. The highest BCUT2D eigenvalue weighted by atomic mass is 35.5. The fraction of sp³-hybridized carbons (Fsp3) is 0.400. The van der Waals surface area contributed by atoms with Crippen LogP contribution in [0.5, 0.6) is 0 Å². The second-order valence-corrected chi connectivity index (χ2v) is 5.49. The lowest BCUT2D eigenvalue weighted by molar-refractivity contribution is 0.602. The van der Waals surface area contributed by atoms with E-state index in [0.29, 0.717) is 11.4 Å². The van der Waals surface area contributed by atoms with Crippen LogP contribution in [0.25, 0.3) is 0 Å². The average Bonchev–Trinajstić information content (AvgIpc) is 2.15. The van der Waals surface area contributed by atoms with Gasteiger partial charge in [0.25, 0.3) is 0 Å². The Morgan fingerprint density at radius 2 is 1.73 bits per heavy atom. The largest absolute Gasteiger partial charge is 0.330 e. The Labute approximate surface area is 97.0 Å². The molecule has 3 nitrogen and oxygen atoms in total. The summed E-state index contributed by atoms with van der Waals surface area (Å²) in [6.07, 6.45) is 1.20. The van der Waals surface area contributed by atoms with E-state index in [1.54, 1.807) is 12.1 Å². The lowest BCUT2D eigenvalue weighted by Gasteiger charge is -2.08. The maximum Gasteiger partial charge on any atom is 0.175 e. The molecule has 0 saturated heterocycles. The van der Waals surface area contributed by atoms with Crippen LogP contribution < -0.4 is 5.73 Å². The average molecular weight is 250 g/mol. The number of sulfone groups is 1. The van der Waals surface area contributed by atoms with Crippen molar-refractivity contribution in [3.05, 3.63) is 29.8 Å². The molecule has 5 heteroatoms. The molecule has 0 amide bonds. The Bertz CT molecular complexity index is 400. The molecule has 2 N–H and O–H groups in total. The van der Waals surface area contributed by atoms with Gasteiger partial charge in [0, 0.05) is 6.26 Å². The van der Waals surface area contributed by atoms with E-state index in [-0.39, 0.29) is 18.3 Å². The van der Waals surface area contributed by atoms with E-state index in [4.69, 9.17) is 5.73 Å². The van der Waals surface area contributed by atoms with Crippen LogP contribution in [0.1, 0.15) is 18.4 Å². The van der Waals surface area contributed by atoms with Crippen molar-refractivity contribution >= 4 is 22.2 Å². The molecule has 0 spiro atoms.